The molecule has 0 saturated carbocycles. The van der Waals surface area contributed by atoms with Crippen LogP contribution in [0.4, 0.5) is 5.69 Å². The molecular formula is C21H21ClN4O4S. The van der Waals surface area contributed by atoms with Crippen molar-refractivity contribution in [1.29, 1.82) is 0 Å². The second kappa shape index (κ2) is 8.72. The van der Waals surface area contributed by atoms with Gasteiger partial charge in [-0.25, -0.2) is 13.1 Å². The first-order valence-electron chi connectivity index (χ1n) is 9.57. The van der Waals surface area contributed by atoms with E-state index in [4.69, 9.17) is 16.3 Å². The maximum Gasteiger partial charge on any atom is 0.280 e. The molecule has 2 aromatic carbocycles. The van der Waals surface area contributed by atoms with Gasteiger partial charge in [0.1, 0.15) is 0 Å². The van der Waals surface area contributed by atoms with Crippen LogP contribution in [0.25, 0.3) is 18.5 Å². The fourth-order valence-corrected chi connectivity index (χ4v) is 4.76. The van der Waals surface area contributed by atoms with Crippen molar-refractivity contribution >= 4 is 40.1 Å². The fourth-order valence-electron chi connectivity index (χ4n) is 3.23. The molecule has 2 heterocycles. The van der Waals surface area contributed by atoms with Gasteiger partial charge in [0, 0.05) is 30.0 Å². The third-order valence-electron chi connectivity index (χ3n) is 4.94. The fraction of sp³-hybridized carbons (Fsp3) is 0.190. The first kappa shape index (κ1) is 21.4. The minimum absolute atomic E-state index is 0.213. The van der Waals surface area contributed by atoms with E-state index < -0.39 is 10.0 Å². The summed E-state index contributed by atoms with van der Waals surface area (Å²) in [5, 5.41) is 7.34. The van der Waals surface area contributed by atoms with Crippen molar-refractivity contribution in [2.45, 2.75) is 4.90 Å². The topological polar surface area (TPSA) is 96.4 Å². The summed E-state index contributed by atoms with van der Waals surface area (Å²) in [5.41, 5.74) is 1.00. The Hall–Kier alpha value is -2.85. The molecule has 8 nitrogen and oxygen atoms in total. The smallest absolute Gasteiger partial charge is 0.280 e. The summed E-state index contributed by atoms with van der Waals surface area (Å²) in [6.07, 6.45) is 1.54. The number of benzene rings is 2. The molecule has 10 heteroatoms. The van der Waals surface area contributed by atoms with Crippen molar-refractivity contribution in [3.8, 4) is 5.69 Å². The van der Waals surface area contributed by atoms with Gasteiger partial charge in [0.2, 0.25) is 10.0 Å². The molecule has 1 fully saturated rings. The lowest BCUT2D eigenvalue weighted by Gasteiger charge is -2.26. The van der Waals surface area contributed by atoms with E-state index in [-0.39, 0.29) is 10.5 Å². The van der Waals surface area contributed by atoms with E-state index in [1.54, 1.807) is 42.6 Å². The zero-order valence-corrected chi connectivity index (χ0v) is 18.1. The lowest BCUT2D eigenvalue weighted by molar-refractivity contribution is 0.0730. The van der Waals surface area contributed by atoms with E-state index in [2.05, 4.69) is 17.0 Å². The first-order valence-corrected chi connectivity index (χ1v) is 11.4. The van der Waals surface area contributed by atoms with Crippen LogP contribution in [0.3, 0.4) is 0 Å². The molecular weight excluding hydrogens is 440 g/mol. The number of nitrogens with one attached hydrogen (secondary N) is 2. The molecule has 1 aromatic heterocycles. The number of ether oxygens (including phenoxy) is 1. The first-order chi connectivity index (χ1) is 14.9. The lowest BCUT2D eigenvalue weighted by Crippen LogP contribution is -2.40. The normalized spacial score (nSPS) is 15.8. The number of hydrogen-bond acceptors (Lipinski definition) is 5. The van der Waals surface area contributed by atoms with Crippen molar-refractivity contribution in [3.05, 3.63) is 74.5 Å². The standard InChI is InChI=1S/C21H21ClN4O4S/c1-15-20(21(27)26(24-15)18-6-2-16(22)3-7-18)14-23-17-4-8-19(9-5-17)31(28,29)25-10-12-30-13-11-25/h2-9,14,23-24H,1,10-13H2/b20-14-. The number of hydrogen-bond donors (Lipinski definition) is 2. The van der Waals surface area contributed by atoms with E-state index in [0.717, 1.165) is 0 Å². The number of anilines is 1. The highest BCUT2D eigenvalue weighted by Crippen LogP contribution is 2.19. The zero-order chi connectivity index (χ0) is 22.0. The molecule has 3 aromatic rings. The number of rotatable bonds is 5. The van der Waals surface area contributed by atoms with Gasteiger partial charge in [-0.05, 0) is 48.5 Å². The number of halogens is 1. The summed E-state index contributed by atoms with van der Waals surface area (Å²) in [6.45, 7) is 5.36. The largest absolute Gasteiger partial charge is 0.379 e. The third kappa shape index (κ3) is 4.45. The summed E-state index contributed by atoms with van der Waals surface area (Å²) in [4.78, 5) is 13.0. The maximum absolute atomic E-state index is 12.7. The Morgan fingerprint density at radius 1 is 1.06 bits per heavy atom. The molecule has 1 aliphatic heterocycles. The lowest BCUT2D eigenvalue weighted by atomic mass is 10.3. The van der Waals surface area contributed by atoms with Crippen molar-refractivity contribution in [2.75, 3.05) is 31.6 Å². The van der Waals surface area contributed by atoms with Gasteiger partial charge in [-0.3, -0.25) is 9.89 Å². The van der Waals surface area contributed by atoms with Gasteiger partial charge in [0.25, 0.3) is 5.56 Å². The van der Waals surface area contributed by atoms with E-state index >= 15 is 0 Å². The predicted molar refractivity (Wildman–Crippen MR) is 120 cm³/mol. The van der Waals surface area contributed by atoms with E-state index in [0.29, 0.717) is 53.3 Å². The van der Waals surface area contributed by atoms with Crippen LogP contribution in [0.5, 0.6) is 0 Å². The Labute approximate surface area is 184 Å². The molecule has 4 rings (SSSR count). The second-order valence-electron chi connectivity index (χ2n) is 6.95. The SMILES string of the molecule is C=c1[nH]n(-c2ccc(Cl)cc2)c(=O)/c1=C\Nc1ccc(S(=O)(=O)N2CCOCC2)cc1. The Morgan fingerprint density at radius 3 is 2.35 bits per heavy atom. The summed E-state index contributed by atoms with van der Waals surface area (Å²) >= 11 is 5.90. The van der Waals surface area contributed by atoms with Crippen LogP contribution in [0.2, 0.25) is 5.02 Å². The Bertz CT molecular complexity index is 1340. The van der Waals surface area contributed by atoms with Crippen molar-refractivity contribution in [1.82, 2.24) is 14.1 Å². The highest BCUT2D eigenvalue weighted by molar-refractivity contribution is 7.89. The molecule has 0 unspecified atom stereocenters. The van der Waals surface area contributed by atoms with Crippen LogP contribution in [0.15, 0.2) is 58.2 Å². The van der Waals surface area contributed by atoms with E-state index in [1.165, 1.54) is 21.1 Å². The van der Waals surface area contributed by atoms with Crippen molar-refractivity contribution in [2.24, 2.45) is 0 Å². The van der Waals surface area contributed by atoms with Crippen LogP contribution in [0.1, 0.15) is 0 Å². The number of aromatic nitrogens is 2. The van der Waals surface area contributed by atoms with Gasteiger partial charge in [-0.2, -0.15) is 4.31 Å². The third-order valence-corrected chi connectivity index (χ3v) is 7.10. The monoisotopic (exact) mass is 460 g/mol. The summed E-state index contributed by atoms with van der Waals surface area (Å²) in [5.74, 6) is 0. The number of H-pyrrole nitrogens is 1. The van der Waals surface area contributed by atoms with Crippen LogP contribution in [0, 0.1) is 0 Å². The number of nitrogens with zero attached hydrogens (tertiary/aromatic N) is 2. The highest BCUT2D eigenvalue weighted by Gasteiger charge is 2.26. The molecule has 0 aliphatic carbocycles. The van der Waals surface area contributed by atoms with Gasteiger partial charge < -0.3 is 10.1 Å². The Morgan fingerprint density at radius 2 is 1.71 bits per heavy atom. The zero-order valence-electron chi connectivity index (χ0n) is 16.5. The number of aromatic amines is 1. The highest BCUT2D eigenvalue weighted by atomic mass is 35.5. The molecule has 1 aliphatic rings. The molecule has 0 atom stereocenters. The van der Waals surface area contributed by atoms with Gasteiger partial charge in [0.15, 0.2) is 0 Å². The molecule has 0 bridgehead atoms. The minimum Gasteiger partial charge on any atom is -0.379 e. The van der Waals surface area contributed by atoms with Crippen LogP contribution in [-0.2, 0) is 14.8 Å². The molecule has 0 amide bonds. The average Bonchev–Trinajstić information content (AvgIpc) is 3.07. The molecule has 162 valence electrons. The van der Waals surface area contributed by atoms with Crippen LogP contribution < -0.4 is 21.4 Å². The summed E-state index contributed by atoms with van der Waals surface area (Å²) in [6, 6.07) is 13.2. The van der Waals surface area contributed by atoms with Gasteiger partial charge in [0.05, 0.1) is 34.4 Å². The Balaban J connectivity index is 1.56. The summed E-state index contributed by atoms with van der Waals surface area (Å²) < 4.78 is 33.4. The van der Waals surface area contributed by atoms with E-state index in [9.17, 15) is 13.2 Å². The maximum atomic E-state index is 12.7. The van der Waals surface area contributed by atoms with Crippen molar-refractivity contribution < 1.29 is 13.2 Å². The molecule has 0 radical (unpaired) electrons. The van der Waals surface area contributed by atoms with Crippen LogP contribution >= 0.6 is 11.6 Å². The quantitative estimate of drug-likeness (QED) is 0.594. The number of sulfonamides is 1. The van der Waals surface area contributed by atoms with Gasteiger partial charge in [-0.15, -0.1) is 0 Å². The molecule has 2 N–H and O–H groups in total. The Kier molecular flexibility index (Phi) is 6.01. The summed E-state index contributed by atoms with van der Waals surface area (Å²) in [7, 11) is -3.55. The molecule has 31 heavy (non-hydrogen) atoms. The van der Waals surface area contributed by atoms with Crippen LogP contribution in [-0.4, -0.2) is 48.8 Å². The predicted octanol–water partition coefficient (Wildman–Crippen LogP) is 1.10. The average molecular weight is 461 g/mol. The van der Waals surface area contributed by atoms with Gasteiger partial charge in [-0.1, -0.05) is 18.2 Å². The van der Waals surface area contributed by atoms with Gasteiger partial charge >= 0.3 is 0 Å². The minimum atomic E-state index is -3.55. The molecule has 1 saturated heterocycles. The number of morpholine rings is 1. The molecule has 0 spiro atoms. The van der Waals surface area contributed by atoms with Crippen molar-refractivity contribution in [3.63, 3.8) is 0 Å². The second-order valence-corrected chi connectivity index (χ2v) is 9.32. The van der Waals surface area contributed by atoms with E-state index in [1.807, 2.05) is 0 Å².